The van der Waals surface area contributed by atoms with Gasteiger partial charge in [-0.05, 0) is 51.8 Å². The van der Waals surface area contributed by atoms with Crippen LogP contribution in [0, 0.1) is 0 Å². The van der Waals surface area contributed by atoms with Gasteiger partial charge in [0.05, 0.1) is 28.4 Å². The van der Waals surface area contributed by atoms with Crippen LogP contribution in [0.25, 0.3) is 11.1 Å². The highest BCUT2D eigenvalue weighted by atomic mass is 35.5. The number of carbonyl (C=O) groups excluding carboxylic acids is 1. The fraction of sp³-hybridized carbons (Fsp3) is 0.455. The van der Waals surface area contributed by atoms with Crippen LogP contribution in [0.15, 0.2) is 42.0 Å². The SMILES string of the molecule is CC(C)(C)OC(=O)N1C2CCC1CN(c1ccnn3cc(C(/C=C(\N)Cl)=C/N)cc13)C2. The Labute approximate surface area is 187 Å². The zero-order valence-corrected chi connectivity index (χ0v) is 18.8. The maximum Gasteiger partial charge on any atom is 0.410 e. The summed E-state index contributed by atoms with van der Waals surface area (Å²) in [4.78, 5) is 17.0. The molecule has 4 heterocycles. The number of ether oxygens (including phenoxy) is 1. The van der Waals surface area contributed by atoms with Gasteiger partial charge in [0.2, 0.25) is 0 Å². The molecule has 2 atom stereocenters. The van der Waals surface area contributed by atoms with Crippen molar-refractivity contribution >= 4 is 34.5 Å². The van der Waals surface area contributed by atoms with E-state index in [0.29, 0.717) is 0 Å². The molecule has 4 rings (SSSR count). The summed E-state index contributed by atoms with van der Waals surface area (Å²) in [5, 5.41) is 4.60. The minimum atomic E-state index is -0.498. The minimum absolute atomic E-state index is 0.134. The molecule has 2 saturated heterocycles. The monoisotopic (exact) mass is 444 g/mol. The highest BCUT2D eigenvalue weighted by Gasteiger charge is 2.44. The quantitative estimate of drug-likeness (QED) is 0.556. The van der Waals surface area contributed by atoms with Gasteiger partial charge in [0, 0.05) is 42.8 Å². The van der Waals surface area contributed by atoms with Crippen molar-refractivity contribution in [2.24, 2.45) is 11.5 Å². The molecule has 166 valence electrons. The van der Waals surface area contributed by atoms with E-state index in [4.69, 9.17) is 27.8 Å². The molecule has 2 aliphatic rings. The van der Waals surface area contributed by atoms with Gasteiger partial charge in [-0.2, -0.15) is 5.10 Å². The van der Waals surface area contributed by atoms with Gasteiger partial charge < -0.3 is 21.1 Å². The van der Waals surface area contributed by atoms with Crippen LogP contribution in [0.4, 0.5) is 10.5 Å². The second kappa shape index (κ2) is 8.00. The molecule has 4 N–H and O–H groups in total. The largest absolute Gasteiger partial charge is 0.444 e. The molecule has 31 heavy (non-hydrogen) atoms. The molecule has 9 heteroatoms. The van der Waals surface area contributed by atoms with Crippen molar-refractivity contribution in [3.8, 4) is 0 Å². The lowest BCUT2D eigenvalue weighted by Crippen LogP contribution is -2.56. The predicted octanol–water partition coefficient (Wildman–Crippen LogP) is 3.26. The van der Waals surface area contributed by atoms with E-state index in [-0.39, 0.29) is 23.3 Å². The zero-order chi connectivity index (χ0) is 22.3. The number of halogens is 1. The lowest BCUT2D eigenvalue weighted by Gasteiger charge is -2.42. The first-order valence-electron chi connectivity index (χ1n) is 10.4. The number of carbonyl (C=O) groups is 1. The molecular weight excluding hydrogens is 416 g/mol. The Morgan fingerprint density at radius 1 is 1.29 bits per heavy atom. The molecule has 0 radical (unpaired) electrons. The molecule has 2 unspecified atom stereocenters. The topological polar surface area (TPSA) is 102 Å². The molecule has 2 aliphatic heterocycles. The van der Waals surface area contributed by atoms with E-state index in [9.17, 15) is 4.79 Å². The third-order valence-corrected chi connectivity index (χ3v) is 5.83. The van der Waals surface area contributed by atoms with Crippen LogP contribution in [-0.2, 0) is 4.74 Å². The Bertz CT molecular complexity index is 1040. The molecule has 0 spiro atoms. The number of hydrogen-bond acceptors (Lipinski definition) is 6. The average molecular weight is 445 g/mol. The van der Waals surface area contributed by atoms with Crippen molar-refractivity contribution in [2.45, 2.75) is 51.3 Å². The summed E-state index contributed by atoms with van der Waals surface area (Å²) in [5.74, 6) is 0. The first-order chi connectivity index (χ1) is 14.7. The van der Waals surface area contributed by atoms with Crippen molar-refractivity contribution in [1.82, 2.24) is 14.5 Å². The number of hydrogen-bond donors (Lipinski definition) is 2. The highest BCUT2D eigenvalue weighted by molar-refractivity contribution is 6.29. The first kappa shape index (κ1) is 21.4. The number of nitrogens with two attached hydrogens (primary N) is 2. The Kier molecular flexibility index (Phi) is 5.51. The van der Waals surface area contributed by atoms with Crippen LogP contribution < -0.4 is 16.4 Å². The maximum absolute atomic E-state index is 12.8. The summed E-state index contributed by atoms with van der Waals surface area (Å²) < 4.78 is 7.48. The summed E-state index contributed by atoms with van der Waals surface area (Å²) in [6.45, 7) is 7.21. The number of piperazine rings is 1. The molecule has 8 nitrogen and oxygen atoms in total. The molecule has 0 saturated carbocycles. The van der Waals surface area contributed by atoms with Gasteiger partial charge in [0.25, 0.3) is 0 Å². The van der Waals surface area contributed by atoms with Crippen LogP contribution in [-0.4, -0.2) is 51.4 Å². The average Bonchev–Trinajstić information content (AvgIpc) is 3.23. The summed E-state index contributed by atoms with van der Waals surface area (Å²) in [7, 11) is 0. The molecule has 2 aromatic heterocycles. The van der Waals surface area contributed by atoms with E-state index in [0.717, 1.165) is 48.3 Å². The third-order valence-electron chi connectivity index (χ3n) is 5.72. The van der Waals surface area contributed by atoms with Crippen LogP contribution in [0.1, 0.15) is 39.2 Å². The van der Waals surface area contributed by atoms with Gasteiger partial charge >= 0.3 is 6.09 Å². The minimum Gasteiger partial charge on any atom is -0.444 e. The Morgan fingerprint density at radius 3 is 2.55 bits per heavy atom. The van der Waals surface area contributed by atoms with Crippen molar-refractivity contribution in [3.63, 3.8) is 0 Å². The molecule has 0 aliphatic carbocycles. The van der Waals surface area contributed by atoms with E-state index >= 15 is 0 Å². The molecular formula is C22H29ClN6O2. The van der Waals surface area contributed by atoms with Crippen molar-refractivity contribution in [1.29, 1.82) is 0 Å². The Morgan fingerprint density at radius 2 is 1.97 bits per heavy atom. The smallest absolute Gasteiger partial charge is 0.410 e. The van der Waals surface area contributed by atoms with Crippen molar-refractivity contribution in [3.05, 3.63) is 47.5 Å². The number of rotatable bonds is 3. The van der Waals surface area contributed by atoms with Crippen LogP contribution in [0.5, 0.6) is 0 Å². The first-order valence-corrected chi connectivity index (χ1v) is 10.8. The number of nitrogens with zero attached hydrogens (tertiary/aromatic N) is 4. The Balaban J connectivity index is 1.61. The second-order valence-electron chi connectivity index (χ2n) is 9.10. The van der Waals surface area contributed by atoms with E-state index in [1.807, 2.05) is 48.5 Å². The number of amides is 1. The van der Waals surface area contributed by atoms with Crippen LogP contribution >= 0.6 is 11.6 Å². The summed E-state index contributed by atoms with van der Waals surface area (Å²) in [5.41, 5.74) is 14.5. The van der Waals surface area contributed by atoms with E-state index in [1.165, 1.54) is 6.20 Å². The highest BCUT2D eigenvalue weighted by Crippen LogP contribution is 2.36. The van der Waals surface area contributed by atoms with Gasteiger partial charge in [-0.1, -0.05) is 11.6 Å². The lowest BCUT2D eigenvalue weighted by molar-refractivity contribution is 0.0123. The maximum atomic E-state index is 12.8. The van der Waals surface area contributed by atoms with Crippen LogP contribution in [0.3, 0.4) is 0 Å². The second-order valence-corrected chi connectivity index (χ2v) is 9.54. The van der Waals surface area contributed by atoms with E-state index in [2.05, 4.69) is 10.00 Å². The fourth-order valence-electron chi connectivity index (χ4n) is 4.51. The zero-order valence-electron chi connectivity index (χ0n) is 18.1. The molecule has 0 aromatic carbocycles. The standard InChI is InChI=1S/C22H29ClN6O2/c1-22(2,3)31-21(30)29-16-4-5-17(29)13-27(12-16)18-6-7-26-28-11-15(8-19(18)28)14(10-24)9-20(23)25/h6-11,16-17H,4-5,12-13,24-25H2,1-3H3/b14-10+,20-9-. The normalized spacial score (nSPS) is 22.3. The summed E-state index contributed by atoms with van der Waals surface area (Å²) in [6.07, 6.45) is 8.53. The van der Waals surface area contributed by atoms with Crippen molar-refractivity contribution in [2.75, 3.05) is 18.0 Å². The molecule has 2 fully saturated rings. The summed E-state index contributed by atoms with van der Waals surface area (Å²) >= 11 is 5.84. The number of aromatic nitrogens is 2. The number of anilines is 1. The van der Waals surface area contributed by atoms with E-state index < -0.39 is 5.60 Å². The molecule has 1 amide bonds. The fourth-order valence-corrected chi connectivity index (χ4v) is 4.63. The van der Waals surface area contributed by atoms with Crippen LogP contribution in [0.2, 0.25) is 0 Å². The van der Waals surface area contributed by atoms with Gasteiger partial charge in [-0.15, -0.1) is 0 Å². The van der Waals surface area contributed by atoms with Gasteiger partial charge in [-0.3, -0.25) is 4.90 Å². The lowest BCUT2D eigenvalue weighted by atomic mass is 10.1. The summed E-state index contributed by atoms with van der Waals surface area (Å²) in [6, 6.07) is 4.31. The number of fused-ring (bicyclic) bond motifs is 3. The predicted molar refractivity (Wildman–Crippen MR) is 123 cm³/mol. The molecule has 2 bridgehead atoms. The number of allylic oxidation sites excluding steroid dienone is 2. The van der Waals surface area contributed by atoms with Gasteiger partial charge in [-0.25, -0.2) is 9.31 Å². The van der Waals surface area contributed by atoms with Crippen molar-refractivity contribution < 1.29 is 9.53 Å². The van der Waals surface area contributed by atoms with E-state index in [1.54, 1.807) is 12.3 Å². The van der Waals surface area contributed by atoms with Gasteiger partial charge in [0.15, 0.2) is 0 Å². The third kappa shape index (κ3) is 4.30. The molecule has 2 aromatic rings. The van der Waals surface area contributed by atoms with Gasteiger partial charge in [0.1, 0.15) is 5.60 Å². The Hall–Kier alpha value is -2.87.